The van der Waals surface area contributed by atoms with Crippen LogP contribution in [-0.2, 0) is 19.1 Å². The van der Waals surface area contributed by atoms with Crippen LogP contribution >= 0.6 is 23.5 Å². The van der Waals surface area contributed by atoms with Crippen LogP contribution in [0.25, 0.3) is 0 Å². The fourth-order valence-corrected chi connectivity index (χ4v) is 5.57. The van der Waals surface area contributed by atoms with E-state index in [9.17, 15) is 19.8 Å². The molecule has 0 aromatic rings. The molecule has 0 aromatic carbocycles. The van der Waals surface area contributed by atoms with Crippen LogP contribution in [-0.4, -0.2) is 105 Å². The van der Waals surface area contributed by atoms with Gasteiger partial charge in [0.25, 0.3) is 0 Å². The molecule has 0 radical (unpaired) electrons. The molecule has 6 N–H and O–H groups in total. The first-order valence-electron chi connectivity index (χ1n) is 14.1. The summed E-state index contributed by atoms with van der Waals surface area (Å²) in [7, 11) is 0. The summed E-state index contributed by atoms with van der Waals surface area (Å²) in [6.45, 7) is 21.6. The predicted octanol–water partition coefficient (Wildman–Crippen LogP) is 4.51. The monoisotopic (exact) mass is 642 g/mol. The Bertz CT molecular complexity index is 733. The lowest BCUT2D eigenvalue weighted by Gasteiger charge is -2.36. The summed E-state index contributed by atoms with van der Waals surface area (Å²) < 4.78 is 10.3. The summed E-state index contributed by atoms with van der Waals surface area (Å²) in [6.07, 6.45) is 0.0307. The van der Waals surface area contributed by atoms with E-state index in [1.165, 1.54) is 0 Å². The third kappa shape index (κ3) is 23.3. The fraction of sp³-hybridized carbons (Fsp3) is 0.800. The van der Waals surface area contributed by atoms with Gasteiger partial charge in [0.2, 0.25) is 0 Å². The number of carboxylic acid groups (broad SMARTS) is 2. The molecule has 0 aliphatic carbocycles. The van der Waals surface area contributed by atoms with Crippen molar-refractivity contribution < 1.29 is 49.7 Å². The molecule has 0 fully saturated rings. The van der Waals surface area contributed by atoms with Crippen molar-refractivity contribution in [3.63, 3.8) is 0 Å². The maximum Gasteiger partial charge on any atom is 0.309 e. The van der Waals surface area contributed by atoms with Gasteiger partial charge in [0, 0.05) is 16.8 Å². The van der Waals surface area contributed by atoms with E-state index in [-0.39, 0.29) is 36.9 Å². The molecule has 0 saturated heterocycles. The van der Waals surface area contributed by atoms with Gasteiger partial charge in [0.15, 0.2) is 6.29 Å². The van der Waals surface area contributed by atoms with E-state index in [0.717, 1.165) is 5.75 Å². The van der Waals surface area contributed by atoms with Crippen molar-refractivity contribution in [1.82, 2.24) is 0 Å². The number of aliphatic hydroxyl groups is 4. The number of carboxylic acids is 2. The minimum absolute atomic E-state index is 0.0377. The fourth-order valence-electron chi connectivity index (χ4n) is 3.69. The Balaban J connectivity index is -0.000000825. The van der Waals surface area contributed by atoms with Crippen LogP contribution in [0, 0.1) is 22.7 Å². The van der Waals surface area contributed by atoms with Gasteiger partial charge in [-0.2, -0.15) is 11.8 Å². The predicted molar refractivity (Wildman–Crippen MR) is 173 cm³/mol. The van der Waals surface area contributed by atoms with Crippen molar-refractivity contribution in [1.29, 1.82) is 0 Å². The lowest BCUT2D eigenvalue weighted by Crippen LogP contribution is -2.39. The number of aliphatic carboxylic acids is 2. The van der Waals surface area contributed by atoms with Crippen LogP contribution in [0.1, 0.15) is 67.7 Å². The van der Waals surface area contributed by atoms with Gasteiger partial charge in [0.05, 0.1) is 50.5 Å². The summed E-state index contributed by atoms with van der Waals surface area (Å²) in [5.41, 5.74) is -1.44. The number of aliphatic hydroxyl groups excluding tert-OH is 3. The second-order valence-electron chi connectivity index (χ2n) is 11.2. The molecule has 0 spiro atoms. The van der Waals surface area contributed by atoms with Crippen molar-refractivity contribution in [3.8, 4) is 0 Å². The highest BCUT2D eigenvalue weighted by atomic mass is 32.2. The molecule has 0 aromatic heterocycles. The SMILES string of the molecule is C=C(C)C(O)O.C=CSCCOCCO.CC(C)CC(C)(CC(CC(C)(C(=O)O)C(C)C)SCCOCCO)C(=O)O. The average molecular weight is 643 g/mol. The zero-order valence-corrected chi connectivity index (χ0v) is 28.3. The van der Waals surface area contributed by atoms with Crippen molar-refractivity contribution in [2.75, 3.05) is 51.1 Å². The Kier molecular flexibility index (Phi) is 28.4. The molecule has 0 aliphatic heterocycles. The lowest BCUT2D eigenvalue weighted by molar-refractivity contribution is -0.151. The smallest absolute Gasteiger partial charge is 0.309 e. The highest BCUT2D eigenvalue weighted by molar-refractivity contribution is 8.02. The van der Waals surface area contributed by atoms with Gasteiger partial charge < -0.3 is 40.1 Å². The minimum atomic E-state index is -1.34. The van der Waals surface area contributed by atoms with Crippen molar-refractivity contribution in [2.24, 2.45) is 22.7 Å². The van der Waals surface area contributed by atoms with Gasteiger partial charge in [-0.05, 0) is 62.9 Å². The van der Waals surface area contributed by atoms with Crippen molar-refractivity contribution in [3.05, 3.63) is 24.1 Å². The van der Waals surface area contributed by atoms with Gasteiger partial charge in [-0.15, -0.1) is 11.8 Å². The van der Waals surface area contributed by atoms with E-state index in [0.29, 0.717) is 50.4 Å². The summed E-state index contributed by atoms with van der Waals surface area (Å²) >= 11 is 3.19. The van der Waals surface area contributed by atoms with Crippen LogP contribution in [0.2, 0.25) is 0 Å². The molecule has 0 bridgehead atoms. The Morgan fingerprint density at radius 2 is 1.33 bits per heavy atom. The first-order chi connectivity index (χ1) is 19.4. The number of carbonyl (C=O) groups is 2. The van der Waals surface area contributed by atoms with E-state index >= 15 is 0 Å². The van der Waals surface area contributed by atoms with Crippen LogP contribution in [0.4, 0.5) is 0 Å². The van der Waals surface area contributed by atoms with Crippen LogP contribution in [0.15, 0.2) is 24.1 Å². The van der Waals surface area contributed by atoms with E-state index in [1.807, 2.05) is 27.7 Å². The van der Waals surface area contributed by atoms with Gasteiger partial charge in [-0.25, -0.2) is 0 Å². The van der Waals surface area contributed by atoms with Crippen molar-refractivity contribution in [2.45, 2.75) is 79.3 Å². The topological polar surface area (TPSA) is 174 Å². The first kappa shape index (κ1) is 45.3. The standard InChI is InChI=1S/C20H38O6S.C6H12O2S.C4H8O2/c1-14(2)11-19(5,17(22)23)12-16(27-10-9-26-8-7-21)13-20(6,15(3)4)18(24)25;1-2-9-6-5-8-4-3-7;1-3(2)4(5)6/h14-16,21H,7-13H2,1-6H3,(H,22,23)(H,24,25);2,7H,1,3-6H2;4-6H,1H2,2H3. The molecule has 10 nitrogen and oxygen atoms in total. The lowest BCUT2D eigenvalue weighted by atomic mass is 9.71. The molecule has 3 atom stereocenters. The minimum Gasteiger partial charge on any atom is -0.481 e. The Labute approximate surface area is 262 Å². The quantitative estimate of drug-likeness (QED) is 0.0555. The van der Waals surface area contributed by atoms with Gasteiger partial charge in [0.1, 0.15) is 0 Å². The van der Waals surface area contributed by atoms with E-state index in [2.05, 4.69) is 13.2 Å². The maximum absolute atomic E-state index is 12.0. The molecule has 3 unspecified atom stereocenters. The third-order valence-electron chi connectivity index (χ3n) is 6.42. The first-order valence-corrected chi connectivity index (χ1v) is 16.2. The Morgan fingerprint density at radius 3 is 1.67 bits per heavy atom. The normalized spacial score (nSPS) is 14.6. The second kappa shape index (κ2) is 26.3. The van der Waals surface area contributed by atoms with E-state index in [1.54, 1.807) is 49.7 Å². The number of hydrogen-bond donors (Lipinski definition) is 6. The van der Waals surface area contributed by atoms with Gasteiger partial charge in [-0.1, -0.05) is 40.9 Å². The largest absolute Gasteiger partial charge is 0.481 e. The van der Waals surface area contributed by atoms with Crippen LogP contribution in [0.3, 0.4) is 0 Å². The zero-order chi connectivity index (χ0) is 33.4. The summed E-state index contributed by atoms with van der Waals surface area (Å²) in [4.78, 5) is 23.9. The Hall–Kier alpha value is -1.12. The zero-order valence-electron chi connectivity index (χ0n) is 26.7. The average Bonchev–Trinajstić information content (AvgIpc) is 2.88. The molecule has 0 heterocycles. The van der Waals surface area contributed by atoms with Crippen LogP contribution < -0.4 is 0 Å². The number of hydrogen-bond acceptors (Lipinski definition) is 10. The number of ether oxygens (including phenoxy) is 2. The molecule has 42 heavy (non-hydrogen) atoms. The van der Waals surface area contributed by atoms with Crippen molar-refractivity contribution >= 4 is 35.5 Å². The number of thioether (sulfide) groups is 2. The highest BCUT2D eigenvalue weighted by Gasteiger charge is 2.43. The summed E-state index contributed by atoms with van der Waals surface area (Å²) in [5.74, 6) is 0.0465. The maximum atomic E-state index is 12.0. The third-order valence-corrected chi connectivity index (χ3v) is 8.27. The van der Waals surface area contributed by atoms with Crippen LogP contribution in [0.5, 0.6) is 0 Å². The second-order valence-corrected chi connectivity index (χ2v) is 13.7. The van der Waals surface area contributed by atoms with Gasteiger partial charge >= 0.3 is 11.9 Å². The summed E-state index contributed by atoms with van der Waals surface area (Å²) in [6, 6.07) is 0. The van der Waals surface area contributed by atoms with E-state index in [4.69, 9.17) is 29.9 Å². The van der Waals surface area contributed by atoms with E-state index < -0.39 is 29.1 Å². The molecule has 250 valence electrons. The molecule has 0 saturated carbocycles. The highest BCUT2D eigenvalue weighted by Crippen LogP contribution is 2.42. The molecular formula is C30H58O10S2. The molecular weight excluding hydrogens is 584 g/mol. The molecule has 0 amide bonds. The van der Waals surface area contributed by atoms with Gasteiger partial charge in [-0.3, -0.25) is 9.59 Å². The molecule has 0 aliphatic rings. The Morgan fingerprint density at radius 1 is 0.857 bits per heavy atom. The summed E-state index contributed by atoms with van der Waals surface area (Å²) in [5, 5.41) is 54.5. The molecule has 0 rings (SSSR count). The molecule has 12 heteroatoms. The number of rotatable bonds is 22.